The van der Waals surface area contributed by atoms with Gasteiger partial charge in [0.15, 0.2) is 0 Å². The van der Waals surface area contributed by atoms with Crippen molar-refractivity contribution in [3.63, 3.8) is 0 Å². The highest BCUT2D eigenvalue weighted by Crippen LogP contribution is 2.16. The summed E-state index contributed by atoms with van der Waals surface area (Å²) in [5.74, 6) is 0.368. The fraction of sp³-hybridized carbons (Fsp3) is 0.455. The molecule has 0 fully saturated rings. The molecule has 1 unspecified atom stereocenters. The second-order valence-corrected chi connectivity index (χ2v) is 4.49. The summed E-state index contributed by atoms with van der Waals surface area (Å²) in [4.78, 5) is 0. The fourth-order valence-corrected chi connectivity index (χ4v) is 2.20. The van der Waals surface area contributed by atoms with E-state index < -0.39 is 11.6 Å². The second-order valence-electron chi connectivity index (χ2n) is 3.46. The minimum Gasteiger partial charge on any atom is -0.327 e. The molecule has 0 radical (unpaired) electrons. The first-order valence-corrected chi connectivity index (χ1v) is 6.05. The van der Waals surface area contributed by atoms with Crippen molar-refractivity contribution in [3.05, 3.63) is 35.4 Å². The SMILES string of the molecule is CCC(N)CSCc1cc(F)cc(F)c1. The summed E-state index contributed by atoms with van der Waals surface area (Å²) in [6, 6.07) is 3.75. The lowest BCUT2D eigenvalue weighted by molar-refractivity contribution is 0.581. The molecule has 0 spiro atoms. The molecule has 15 heavy (non-hydrogen) atoms. The Balaban J connectivity index is 2.43. The van der Waals surface area contributed by atoms with Gasteiger partial charge >= 0.3 is 0 Å². The van der Waals surface area contributed by atoms with Gasteiger partial charge in [0.1, 0.15) is 11.6 Å². The van der Waals surface area contributed by atoms with Crippen LogP contribution in [-0.2, 0) is 5.75 Å². The maximum Gasteiger partial charge on any atom is 0.126 e. The van der Waals surface area contributed by atoms with Crippen molar-refractivity contribution in [1.29, 1.82) is 0 Å². The molecule has 0 aliphatic rings. The van der Waals surface area contributed by atoms with Crippen molar-refractivity contribution in [2.24, 2.45) is 5.73 Å². The Morgan fingerprint density at radius 3 is 2.40 bits per heavy atom. The largest absolute Gasteiger partial charge is 0.327 e. The number of hydrogen-bond acceptors (Lipinski definition) is 2. The van der Waals surface area contributed by atoms with Crippen molar-refractivity contribution in [1.82, 2.24) is 0 Å². The second kappa shape index (κ2) is 6.08. The molecule has 2 N–H and O–H groups in total. The monoisotopic (exact) mass is 231 g/mol. The van der Waals surface area contributed by atoms with E-state index in [2.05, 4.69) is 0 Å². The van der Waals surface area contributed by atoms with E-state index in [1.165, 1.54) is 12.1 Å². The van der Waals surface area contributed by atoms with Gasteiger partial charge in [-0.05, 0) is 24.1 Å². The number of rotatable bonds is 5. The van der Waals surface area contributed by atoms with Crippen molar-refractivity contribution in [2.45, 2.75) is 25.1 Å². The van der Waals surface area contributed by atoms with E-state index in [0.717, 1.165) is 18.2 Å². The average molecular weight is 231 g/mol. The van der Waals surface area contributed by atoms with Gasteiger partial charge in [-0.3, -0.25) is 0 Å². The Morgan fingerprint density at radius 1 is 1.27 bits per heavy atom. The Labute approximate surface area is 93.1 Å². The van der Waals surface area contributed by atoms with Gasteiger partial charge in [0, 0.05) is 23.6 Å². The fourth-order valence-electron chi connectivity index (χ4n) is 1.14. The Kier molecular flexibility index (Phi) is 5.05. The Morgan fingerprint density at radius 2 is 1.87 bits per heavy atom. The predicted octanol–water partition coefficient (Wildman–Crippen LogP) is 2.94. The van der Waals surface area contributed by atoms with Crippen molar-refractivity contribution in [2.75, 3.05) is 5.75 Å². The van der Waals surface area contributed by atoms with Gasteiger partial charge in [0.05, 0.1) is 0 Å². The van der Waals surface area contributed by atoms with Crippen LogP contribution in [0.4, 0.5) is 8.78 Å². The molecule has 1 rings (SSSR count). The number of benzene rings is 1. The molecule has 84 valence electrons. The van der Waals surface area contributed by atoms with Crippen LogP contribution >= 0.6 is 11.8 Å². The maximum absolute atomic E-state index is 12.8. The molecule has 0 bridgehead atoms. The molecule has 1 nitrogen and oxygen atoms in total. The zero-order chi connectivity index (χ0) is 11.3. The van der Waals surface area contributed by atoms with Gasteiger partial charge in [-0.2, -0.15) is 11.8 Å². The lowest BCUT2D eigenvalue weighted by Crippen LogP contribution is -2.21. The summed E-state index contributed by atoms with van der Waals surface area (Å²) >= 11 is 1.60. The first-order valence-electron chi connectivity index (χ1n) is 4.90. The standard InChI is InChI=1S/C11H15F2NS/c1-2-11(14)7-15-6-8-3-9(12)5-10(13)4-8/h3-5,11H,2,6-7,14H2,1H3. The van der Waals surface area contributed by atoms with Gasteiger partial charge in [0.25, 0.3) is 0 Å². The minimum absolute atomic E-state index is 0.161. The molecule has 0 aliphatic heterocycles. The maximum atomic E-state index is 12.8. The summed E-state index contributed by atoms with van der Waals surface area (Å²) in [6.07, 6.45) is 0.921. The predicted molar refractivity (Wildman–Crippen MR) is 60.8 cm³/mol. The van der Waals surface area contributed by atoms with Crippen LogP contribution in [-0.4, -0.2) is 11.8 Å². The molecule has 0 amide bonds. The summed E-state index contributed by atoms with van der Waals surface area (Å²) in [6.45, 7) is 2.02. The van der Waals surface area contributed by atoms with Crippen LogP contribution in [0.25, 0.3) is 0 Å². The van der Waals surface area contributed by atoms with Gasteiger partial charge in [-0.15, -0.1) is 0 Å². The van der Waals surface area contributed by atoms with E-state index in [-0.39, 0.29) is 6.04 Å². The number of thioether (sulfide) groups is 1. The van der Waals surface area contributed by atoms with E-state index in [1.807, 2.05) is 6.92 Å². The third kappa shape index (κ3) is 4.62. The summed E-state index contributed by atoms with van der Waals surface area (Å²) in [5.41, 5.74) is 6.40. The first-order chi connectivity index (χ1) is 7.11. The molecule has 0 saturated heterocycles. The molecule has 1 aromatic carbocycles. The third-order valence-electron chi connectivity index (χ3n) is 2.05. The van der Waals surface area contributed by atoms with E-state index >= 15 is 0 Å². The Bertz CT molecular complexity index is 297. The summed E-state index contributed by atoms with van der Waals surface area (Å²) in [7, 11) is 0. The average Bonchev–Trinajstić information content (AvgIpc) is 2.16. The molecule has 4 heteroatoms. The molecular formula is C11H15F2NS. The molecule has 0 aliphatic carbocycles. The van der Waals surface area contributed by atoms with E-state index in [9.17, 15) is 8.78 Å². The van der Waals surface area contributed by atoms with Crippen LogP contribution in [0.2, 0.25) is 0 Å². The normalized spacial score (nSPS) is 12.8. The highest BCUT2D eigenvalue weighted by molar-refractivity contribution is 7.98. The first kappa shape index (κ1) is 12.5. The number of halogens is 2. The van der Waals surface area contributed by atoms with Crippen LogP contribution in [0.1, 0.15) is 18.9 Å². The topological polar surface area (TPSA) is 26.0 Å². The van der Waals surface area contributed by atoms with Crippen molar-refractivity contribution >= 4 is 11.8 Å². The van der Waals surface area contributed by atoms with E-state index in [0.29, 0.717) is 11.3 Å². The molecule has 1 aromatic rings. The molecule has 0 heterocycles. The van der Waals surface area contributed by atoms with Crippen LogP contribution in [0, 0.1) is 11.6 Å². The number of hydrogen-bond donors (Lipinski definition) is 1. The van der Waals surface area contributed by atoms with Crippen LogP contribution in [0.3, 0.4) is 0 Å². The van der Waals surface area contributed by atoms with Gasteiger partial charge in [0.2, 0.25) is 0 Å². The van der Waals surface area contributed by atoms with Gasteiger partial charge in [-0.1, -0.05) is 6.92 Å². The van der Waals surface area contributed by atoms with Crippen LogP contribution in [0.5, 0.6) is 0 Å². The highest BCUT2D eigenvalue weighted by Gasteiger charge is 2.03. The highest BCUT2D eigenvalue weighted by atomic mass is 32.2. The zero-order valence-electron chi connectivity index (χ0n) is 8.67. The van der Waals surface area contributed by atoms with Crippen molar-refractivity contribution in [3.8, 4) is 0 Å². The Hall–Kier alpha value is -0.610. The molecule has 0 aromatic heterocycles. The van der Waals surface area contributed by atoms with E-state index in [1.54, 1.807) is 11.8 Å². The smallest absolute Gasteiger partial charge is 0.126 e. The zero-order valence-corrected chi connectivity index (χ0v) is 9.49. The van der Waals surface area contributed by atoms with E-state index in [4.69, 9.17) is 5.73 Å². The summed E-state index contributed by atoms with van der Waals surface area (Å²) < 4.78 is 25.6. The van der Waals surface area contributed by atoms with Crippen LogP contribution < -0.4 is 5.73 Å². The van der Waals surface area contributed by atoms with Crippen LogP contribution in [0.15, 0.2) is 18.2 Å². The lowest BCUT2D eigenvalue weighted by Gasteiger charge is -2.07. The minimum atomic E-state index is -0.523. The lowest BCUT2D eigenvalue weighted by atomic mass is 10.2. The molecular weight excluding hydrogens is 216 g/mol. The van der Waals surface area contributed by atoms with Gasteiger partial charge in [-0.25, -0.2) is 8.78 Å². The quantitative estimate of drug-likeness (QED) is 0.843. The third-order valence-corrected chi connectivity index (χ3v) is 3.25. The molecule has 0 saturated carbocycles. The number of nitrogens with two attached hydrogens (primary N) is 1. The molecule has 1 atom stereocenters. The summed E-state index contributed by atoms with van der Waals surface area (Å²) in [5, 5.41) is 0. The van der Waals surface area contributed by atoms with Crippen molar-refractivity contribution < 1.29 is 8.78 Å². The van der Waals surface area contributed by atoms with Gasteiger partial charge < -0.3 is 5.73 Å².